The normalized spacial score (nSPS) is 56.9. The van der Waals surface area contributed by atoms with Gasteiger partial charge in [-0.2, -0.15) is 0 Å². The Morgan fingerprint density at radius 3 is 2.34 bits per heavy atom. The summed E-state index contributed by atoms with van der Waals surface area (Å²) >= 11 is 0. The highest BCUT2D eigenvalue weighted by molar-refractivity contribution is 5.04. The van der Waals surface area contributed by atoms with Crippen LogP contribution in [0, 0.1) is 17.8 Å². The lowest BCUT2D eigenvalue weighted by Crippen LogP contribution is -2.67. The van der Waals surface area contributed by atoms with Crippen molar-refractivity contribution in [3.63, 3.8) is 0 Å². The number of ether oxygens (including phenoxy) is 4. The molecule has 16 atom stereocenters. The topological polar surface area (TPSA) is 182 Å². The van der Waals surface area contributed by atoms with Crippen molar-refractivity contribution in [1.82, 2.24) is 0 Å². The van der Waals surface area contributed by atoms with Crippen LogP contribution in [0.5, 0.6) is 0 Å². The van der Waals surface area contributed by atoms with E-state index in [9.17, 15) is 35.7 Å². The van der Waals surface area contributed by atoms with E-state index in [1.807, 2.05) is 6.92 Å². The minimum Gasteiger partial charge on any atom is -0.427 e. The second-order valence-electron chi connectivity index (χ2n) is 11.3. The average molecular weight is 506 g/mol. The Morgan fingerprint density at radius 2 is 1.63 bits per heavy atom. The lowest BCUT2D eigenvalue weighted by molar-refractivity contribution is -0.379. The van der Waals surface area contributed by atoms with Crippen LogP contribution >= 0.6 is 0 Å². The van der Waals surface area contributed by atoms with Gasteiger partial charge in [0.15, 0.2) is 18.5 Å². The smallest absolute Gasteiger partial charge is 0.187 e. The van der Waals surface area contributed by atoms with Gasteiger partial charge in [0, 0.05) is 24.7 Å². The van der Waals surface area contributed by atoms with E-state index in [0.29, 0.717) is 38.5 Å². The van der Waals surface area contributed by atoms with Crippen LogP contribution in [0.4, 0.5) is 0 Å². The highest BCUT2D eigenvalue weighted by Gasteiger charge is 2.61. The molecule has 11 nitrogen and oxygen atoms in total. The van der Waals surface area contributed by atoms with Gasteiger partial charge in [0.05, 0.1) is 43.0 Å². The van der Waals surface area contributed by atoms with Crippen molar-refractivity contribution >= 4 is 0 Å². The summed E-state index contributed by atoms with van der Waals surface area (Å²) in [5.41, 5.74) is 0. The van der Waals surface area contributed by atoms with E-state index in [-0.39, 0.29) is 42.2 Å². The molecule has 2 aliphatic carbocycles. The standard InChI is InChI=1S/C24H40O11/c1-9-4-12-18-15(32-9)6-11(26)7-16(18)33-22(10-2-3-13(27)14(28)5-10)23(12)35-24-21(31)20(30)19(29)17(8-25)34-24/h9-31H,2-8H2,1H3/p+1/t9?,10?,11?,12?,13?,14?,15?,16?,17-,18?,19-,20+,21-,22?,23?,24+/m1/s1. The molecule has 35 heavy (non-hydrogen) atoms. The summed E-state index contributed by atoms with van der Waals surface area (Å²) in [4.78, 5) is 0. The molecule has 0 aromatic carbocycles. The molecule has 0 aromatic heterocycles. The van der Waals surface area contributed by atoms with E-state index in [0.717, 1.165) is 0 Å². The van der Waals surface area contributed by atoms with E-state index in [1.165, 1.54) is 0 Å². The van der Waals surface area contributed by atoms with Gasteiger partial charge in [0.25, 0.3) is 0 Å². The zero-order valence-corrected chi connectivity index (χ0v) is 20.0. The highest BCUT2D eigenvalue weighted by atomic mass is 16.7. The van der Waals surface area contributed by atoms with Gasteiger partial charge in [-0.1, -0.05) is 0 Å². The van der Waals surface area contributed by atoms with Gasteiger partial charge in [-0.05, 0) is 32.6 Å². The van der Waals surface area contributed by atoms with Gasteiger partial charge in [-0.3, -0.25) is 0 Å². The molecular formula is C24H41O11+. The second kappa shape index (κ2) is 10.4. The summed E-state index contributed by atoms with van der Waals surface area (Å²) < 4.78 is 23.4. The van der Waals surface area contributed by atoms with Crippen molar-refractivity contribution in [2.45, 2.75) is 125 Å². The van der Waals surface area contributed by atoms with Gasteiger partial charge < -0.3 is 54.7 Å². The highest BCUT2D eigenvalue weighted by Crippen LogP contribution is 2.49. The van der Waals surface area contributed by atoms with E-state index < -0.39 is 61.7 Å². The quantitative estimate of drug-likeness (QED) is 0.202. The summed E-state index contributed by atoms with van der Waals surface area (Å²) in [6, 6.07) is 0. The number of aliphatic hydroxyl groups is 9. The third kappa shape index (κ3) is 4.90. The second-order valence-corrected chi connectivity index (χ2v) is 11.3. The monoisotopic (exact) mass is 505 g/mol. The molecule has 11 unspecified atom stereocenters. The van der Waals surface area contributed by atoms with Crippen LogP contribution in [-0.2, 0) is 14.2 Å². The third-order valence-corrected chi connectivity index (χ3v) is 8.96. The maximum absolute atomic E-state index is 10.7. The minimum atomic E-state index is -1.55. The average Bonchev–Trinajstić information content (AvgIpc) is 2.81. The minimum absolute atomic E-state index is 0.0137. The number of rotatable bonds is 4. The summed E-state index contributed by atoms with van der Waals surface area (Å²) in [5.74, 6) is -0.0974. The van der Waals surface area contributed by atoms with Crippen molar-refractivity contribution in [3.8, 4) is 0 Å². The molecule has 3 aliphatic heterocycles. The molecule has 5 aliphatic rings. The third-order valence-electron chi connectivity index (χ3n) is 8.96. The Balaban J connectivity index is 1.45. The summed E-state index contributed by atoms with van der Waals surface area (Å²) in [5, 5.41) is 71.8. The van der Waals surface area contributed by atoms with Crippen LogP contribution in [0.3, 0.4) is 0 Å². The first-order chi connectivity index (χ1) is 16.7. The Bertz CT molecular complexity index is 722. The maximum atomic E-state index is 10.7. The van der Waals surface area contributed by atoms with E-state index >= 15 is 0 Å². The molecule has 0 spiro atoms. The fourth-order valence-corrected chi connectivity index (χ4v) is 7.26. The first-order valence-electron chi connectivity index (χ1n) is 13.0. The molecule has 2 saturated carbocycles. The fraction of sp³-hybridized carbons (Fsp3) is 1.00. The Morgan fingerprint density at radius 1 is 0.857 bits per heavy atom. The van der Waals surface area contributed by atoms with E-state index in [2.05, 4.69) is 0 Å². The van der Waals surface area contributed by atoms with Crippen LogP contribution < -0.4 is 0 Å². The largest absolute Gasteiger partial charge is 0.427 e. The predicted octanol–water partition coefficient (Wildman–Crippen LogP) is -2.46. The summed E-state index contributed by atoms with van der Waals surface area (Å²) in [6.07, 6.45) is -7.23. The molecule has 5 fully saturated rings. The van der Waals surface area contributed by atoms with Gasteiger partial charge >= 0.3 is 0 Å². The zero-order valence-electron chi connectivity index (χ0n) is 20.0. The lowest BCUT2D eigenvalue weighted by Gasteiger charge is -2.55. The Kier molecular flexibility index (Phi) is 7.76. The van der Waals surface area contributed by atoms with E-state index in [1.54, 1.807) is 0 Å². The molecule has 0 bridgehead atoms. The zero-order chi connectivity index (χ0) is 25.0. The van der Waals surface area contributed by atoms with Crippen molar-refractivity contribution in [3.05, 3.63) is 0 Å². The van der Waals surface area contributed by atoms with E-state index in [4.69, 9.17) is 18.9 Å². The molecular weight excluding hydrogens is 464 g/mol. The Hall–Kier alpha value is -0.440. The molecule has 0 amide bonds. The van der Waals surface area contributed by atoms with Crippen LogP contribution in [0.2, 0.25) is 0 Å². The van der Waals surface area contributed by atoms with Crippen LogP contribution in [0.25, 0.3) is 0 Å². The van der Waals surface area contributed by atoms with Crippen molar-refractivity contribution in [1.29, 1.82) is 0 Å². The van der Waals surface area contributed by atoms with Gasteiger partial charge in [-0.15, -0.1) is 0 Å². The van der Waals surface area contributed by atoms with Crippen molar-refractivity contribution in [2.75, 3.05) is 6.61 Å². The van der Waals surface area contributed by atoms with Crippen LogP contribution in [-0.4, -0.2) is 127 Å². The lowest BCUT2D eigenvalue weighted by atomic mass is 9.64. The SMILES string of the molecule is CC1CC2C(O[C@@H]3O[C@H](CO)[C@@H](O)[C@H](O)[C@H]3O)C(C3CCC(O)C(O)C3)[OH+]C3CC(O)CC(O1)C32. The summed E-state index contributed by atoms with van der Waals surface area (Å²) in [6.45, 7) is 1.44. The van der Waals surface area contributed by atoms with Crippen LogP contribution in [0.1, 0.15) is 45.4 Å². The van der Waals surface area contributed by atoms with Crippen molar-refractivity contribution in [2.24, 2.45) is 17.8 Å². The molecule has 0 radical (unpaired) electrons. The van der Waals surface area contributed by atoms with Crippen molar-refractivity contribution < 1.29 is 54.7 Å². The van der Waals surface area contributed by atoms with Gasteiger partial charge in [-0.25, -0.2) is 0 Å². The Labute approximate surface area is 204 Å². The number of hydrogen-bond acceptors (Lipinski definition) is 10. The first kappa shape index (κ1) is 26.2. The molecule has 5 rings (SSSR count). The first-order valence-corrected chi connectivity index (χ1v) is 13.0. The van der Waals surface area contributed by atoms with Crippen LogP contribution in [0.15, 0.2) is 0 Å². The molecule has 0 aromatic rings. The predicted molar refractivity (Wildman–Crippen MR) is 119 cm³/mol. The van der Waals surface area contributed by atoms with Gasteiger partial charge in [0.2, 0.25) is 0 Å². The molecule has 3 heterocycles. The van der Waals surface area contributed by atoms with Gasteiger partial charge in [0.1, 0.15) is 30.5 Å². The summed E-state index contributed by atoms with van der Waals surface area (Å²) in [7, 11) is 0. The molecule has 8 N–H and O–H groups in total. The molecule has 11 heteroatoms. The number of hydrogen-bond donors (Lipinski definition) is 7. The molecule has 3 saturated heterocycles. The molecule has 202 valence electrons. The fourth-order valence-electron chi connectivity index (χ4n) is 7.26. The maximum Gasteiger partial charge on any atom is 0.187 e. The number of aliphatic hydroxyl groups excluding tert-OH is 7.